The molecule has 0 radical (unpaired) electrons. The van der Waals surface area contributed by atoms with E-state index in [0.29, 0.717) is 11.1 Å². The Bertz CT molecular complexity index is 440. The van der Waals surface area contributed by atoms with E-state index in [1.807, 2.05) is 0 Å². The Morgan fingerprint density at radius 3 is 2.69 bits per heavy atom. The minimum Gasteiger partial charge on any atom is -0.476 e. The van der Waals surface area contributed by atoms with Crippen LogP contribution < -0.4 is 0 Å². The van der Waals surface area contributed by atoms with E-state index in [-0.39, 0.29) is 5.71 Å². The SMILES string of the molecule is CO/N=C(/C(=O)O)c1ccccc1/C=N\O. The minimum absolute atomic E-state index is 0.252. The van der Waals surface area contributed by atoms with Gasteiger partial charge < -0.3 is 15.2 Å². The molecule has 1 aromatic rings. The molecule has 0 bridgehead atoms. The standard InChI is InChI=1S/C10H10N2O4/c1-16-12-9(10(13)14)8-5-3-2-4-7(8)6-11-15/h2-6,15H,1H3,(H,13,14)/b11-6-,12-9+. The van der Waals surface area contributed by atoms with Gasteiger partial charge in [0.05, 0.1) is 6.21 Å². The van der Waals surface area contributed by atoms with E-state index in [9.17, 15) is 4.79 Å². The summed E-state index contributed by atoms with van der Waals surface area (Å²) in [6, 6.07) is 6.48. The third-order valence-corrected chi connectivity index (χ3v) is 1.80. The van der Waals surface area contributed by atoms with Gasteiger partial charge in [0.25, 0.3) is 0 Å². The van der Waals surface area contributed by atoms with Crippen molar-refractivity contribution < 1.29 is 19.9 Å². The molecule has 0 amide bonds. The summed E-state index contributed by atoms with van der Waals surface area (Å²) in [7, 11) is 1.26. The van der Waals surface area contributed by atoms with E-state index in [2.05, 4.69) is 15.1 Å². The number of aliphatic carboxylic acids is 1. The summed E-state index contributed by atoms with van der Waals surface area (Å²) in [6.45, 7) is 0. The second kappa shape index (κ2) is 5.50. The number of carboxylic acids is 1. The van der Waals surface area contributed by atoms with Crippen molar-refractivity contribution >= 4 is 17.9 Å². The first-order valence-corrected chi connectivity index (χ1v) is 4.32. The molecule has 1 aromatic carbocycles. The van der Waals surface area contributed by atoms with Crippen LogP contribution >= 0.6 is 0 Å². The first-order chi connectivity index (χ1) is 7.70. The molecule has 16 heavy (non-hydrogen) atoms. The Hall–Kier alpha value is -2.37. The van der Waals surface area contributed by atoms with Gasteiger partial charge in [-0.25, -0.2) is 4.79 Å². The van der Waals surface area contributed by atoms with E-state index >= 15 is 0 Å². The molecule has 84 valence electrons. The predicted molar refractivity (Wildman–Crippen MR) is 57.0 cm³/mol. The molecule has 1 rings (SSSR count). The summed E-state index contributed by atoms with van der Waals surface area (Å²) in [6.07, 6.45) is 1.13. The molecular weight excluding hydrogens is 212 g/mol. The number of carbonyl (C=O) groups is 1. The van der Waals surface area contributed by atoms with Crippen LogP contribution in [0.15, 0.2) is 34.6 Å². The lowest BCUT2D eigenvalue weighted by Crippen LogP contribution is -2.16. The van der Waals surface area contributed by atoms with Crippen molar-refractivity contribution in [3.8, 4) is 0 Å². The second-order valence-electron chi connectivity index (χ2n) is 2.76. The van der Waals surface area contributed by atoms with E-state index in [0.717, 1.165) is 6.21 Å². The van der Waals surface area contributed by atoms with Crippen LogP contribution in [0.25, 0.3) is 0 Å². The van der Waals surface area contributed by atoms with Crippen LogP contribution in [0.2, 0.25) is 0 Å². The normalized spacial score (nSPS) is 11.7. The van der Waals surface area contributed by atoms with Gasteiger partial charge in [-0.1, -0.05) is 34.6 Å². The summed E-state index contributed by atoms with van der Waals surface area (Å²) in [4.78, 5) is 15.4. The van der Waals surface area contributed by atoms with Gasteiger partial charge >= 0.3 is 5.97 Å². The van der Waals surface area contributed by atoms with Crippen molar-refractivity contribution in [3.05, 3.63) is 35.4 Å². The number of hydrogen-bond acceptors (Lipinski definition) is 5. The molecule has 0 saturated heterocycles. The van der Waals surface area contributed by atoms with E-state index in [1.54, 1.807) is 24.3 Å². The van der Waals surface area contributed by atoms with Crippen molar-refractivity contribution in [3.63, 3.8) is 0 Å². The first kappa shape index (κ1) is 11.7. The molecule has 2 N–H and O–H groups in total. The Labute approximate surface area is 91.5 Å². The van der Waals surface area contributed by atoms with Crippen LogP contribution in [-0.2, 0) is 9.63 Å². The van der Waals surface area contributed by atoms with Gasteiger partial charge in [-0.15, -0.1) is 0 Å². The molecule has 0 atom stereocenters. The van der Waals surface area contributed by atoms with Gasteiger partial charge in [0.1, 0.15) is 7.11 Å². The first-order valence-electron chi connectivity index (χ1n) is 4.32. The fraction of sp³-hybridized carbons (Fsp3) is 0.100. The maximum Gasteiger partial charge on any atom is 0.358 e. The number of oxime groups is 2. The fourth-order valence-electron chi connectivity index (χ4n) is 1.18. The molecule has 6 heteroatoms. The molecule has 0 aliphatic rings. The number of nitrogens with zero attached hydrogens (tertiary/aromatic N) is 2. The van der Waals surface area contributed by atoms with E-state index in [1.165, 1.54) is 7.11 Å². The maximum atomic E-state index is 10.9. The summed E-state index contributed by atoms with van der Waals surface area (Å²) < 4.78 is 0. The third kappa shape index (κ3) is 2.57. The molecule has 0 fully saturated rings. The van der Waals surface area contributed by atoms with Crippen LogP contribution in [0.3, 0.4) is 0 Å². The summed E-state index contributed by atoms with van der Waals surface area (Å²) in [5.41, 5.74) is 0.496. The lowest BCUT2D eigenvalue weighted by molar-refractivity contribution is -0.129. The smallest absolute Gasteiger partial charge is 0.358 e. The van der Waals surface area contributed by atoms with Crippen LogP contribution in [0, 0.1) is 0 Å². The Kier molecular flexibility index (Phi) is 4.02. The van der Waals surface area contributed by atoms with Crippen LogP contribution in [-0.4, -0.2) is 35.3 Å². The summed E-state index contributed by atoms with van der Waals surface area (Å²) >= 11 is 0. The molecule has 0 aliphatic heterocycles. The zero-order chi connectivity index (χ0) is 12.0. The predicted octanol–water partition coefficient (Wildman–Crippen LogP) is 0.930. The molecule has 0 spiro atoms. The number of carboxylic acid groups (broad SMARTS) is 1. The van der Waals surface area contributed by atoms with Gasteiger partial charge in [0.2, 0.25) is 0 Å². The van der Waals surface area contributed by atoms with E-state index < -0.39 is 5.97 Å². The molecule has 0 saturated carbocycles. The van der Waals surface area contributed by atoms with Crippen LogP contribution in [0.1, 0.15) is 11.1 Å². The highest BCUT2D eigenvalue weighted by Crippen LogP contribution is 2.08. The largest absolute Gasteiger partial charge is 0.476 e. The van der Waals surface area contributed by atoms with Crippen molar-refractivity contribution in [2.75, 3.05) is 7.11 Å². The van der Waals surface area contributed by atoms with Gasteiger partial charge in [-0.05, 0) is 0 Å². The average molecular weight is 222 g/mol. The van der Waals surface area contributed by atoms with Crippen molar-refractivity contribution in [1.82, 2.24) is 0 Å². The highest BCUT2D eigenvalue weighted by atomic mass is 16.6. The number of benzene rings is 1. The summed E-state index contributed by atoms with van der Waals surface area (Å²) in [5.74, 6) is -1.22. The van der Waals surface area contributed by atoms with Crippen molar-refractivity contribution in [1.29, 1.82) is 0 Å². The Morgan fingerprint density at radius 2 is 2.12 bits per heavy atom. The topological polar surface area (TPSA) is 91.5 Å². The monoisotopic (exact) mass is 222 g/mol. The van der Waals surface area contributed by atoms with Gasteiger partial charge in [0.15, 0.2) is 5.71 Å². The molecule has 6 nitrogen and oxygen atoms in total. The third-order valence-electron chi connectivity index (χ3n) is 1.80. The Balaban J connectivity index is 3.29. The van der Waals surface area contributed by atoms with Gasteiger partial charge in [0, 0.05) is 11.1 Å². The highest BCUT2D eigenvalue weighted by molar-refractivity contribution is 6.43. The average Bonchev–Trinajstić information content (AvgIpc) is 2.27. The molecular formula is C10H10N2O4. The number of hydrogen-bond donors (Lipinski definition) is 2. The maximum absolute atomic E-state index is 10.9. The lowest BCUT2D eigenvalue weighted by atomic mass is 10.0. The van der Waals surface area contributed by atoms with Crippen molar-refractivity contribution in [2.24, 2.45) is 10.3 Å². The zero-order valence-corrected chi connectivity index (χ0v) is 8.49. The minimum atomic E-state index is -1.22. The molecule has 0 heterocycles. The van der Waals surface area contributed by atoms with Crippen LogP contribution in [0.5, 0.6) is 0 Å². The second-order valence-corrected chi connectivity index (χ2v) is 2.76. The fourth-order valence-corrected chi connectivity index (χ4v) is 1.18. The quantitative estimate of drug-likeness (QED) is 0.450. The molecule has 0 aromatic heterocycles. The van der Waals surface area contributed by atoms with E-state index in [4.69, 9.17) is 10.3 Å². The van der Waals surface area contributed by atoms with Gasteiger partial charge in [-0.3, -0.25) is 0 Å². The van der Waals surface area contributed by atoms with Crippen LogP contribution in [0.4, 0.5) is 0 Å². The lowest BCUT2D eigenvalue weighted by Gasteiger charge is -2.03. The summed E-state index contributed by atoms with van der Waals surface area (Å²) in [5, 5.41) is 23.6. The molecule has 0 unspecified atom stereocenters. The van der Waals surface area contributed by atoms with Crippen molar-refractivity contribution in [2.45, 2.75) is 0 Å². The zero-order valence-electron chi connectivity index (χ0n) is 8.49. The Morgan fingerprint density at radius 1 is 1.44 bits per heavy atom. The highest BCUT2D eigenvalue weighted by Gasteiger charge is 2.16. The van der Waals surface area contributed by atoms with Gasteiger partial charge in [-0.2, -0.15) is 0 Å². The molecule has 0 aliphatic carbocycles. The number of rotatable bonds is 4.